The number of carbonyl (C=O) groups is 1. The fourth-order valence-electron chi connectivity index (χ4n) is 2.90. The second-order valence-corrected chi connectivity index (χ2v) is 6.01. The molecule has 1 saturated heterocycles. The van der Waals surface area contributed by atoms with Gasteiger partial charge in [0.25, 0.3) is 0 Å². The molecule has 1 fully saturated rings. The molecule has 3 heterocycles. The Kier molecular flexibility index (Phi) is 4.85. The number of carbonyl (C=O) groups excluding carboxylic acids is 1. The summed E-state index contributed by atoms with van der Waals surface area (Å²) in [6.45, 7) is 4.42. The van der Waals surface area contributed by atoms with E-state index < -0.39 is 0 Å². The molecule has 3 rings (SSSR count). The number of aromatic nitrogens is 4. The lowest BCUT2D eigenvalue weighted by molar-refractivity contribution is 0.161. The summed E-state index contributed by atoms with van der Waals surface area (Å²) >= 11 is 0. The van der Waals surface area contributed by atoms with E-state index in [0.29, 0.717) is 5.92 Å². The number of urea groups is 1. The minimum atomic E-state index is -0.0379. The van der Waals surface area contributed by atoms with Crippen molar-refractivity contribution in [1.82, 2.24) is 30.0 Å². The normalized spacial score (nSPS) is 17.0. The van der Waals surface area contributed by atoms with E-state index >= 15 is 0 Å². The number of nitrogens with one attached hydrogen (secondary N) is 1. The van der Waals surface area contributed by atoms with E-state index in [-0.39, 0.29) is 12.1 Å². The van der Waals surface area contributed by atoms with Crippen LogP contribution in [-0.2, 0) is 6.54 Å². The van der Waals surface area contributed by atoms with Crippen molar-refractivity contribution >= 4 is 6.03 Å². The maximum Gasteiger partial charge on any atom is 0.317 e. The van der Waals surface area contributed by atoms with Crippen molar-refractivity contribution in [3.05, 3.63) is 42.7 Å². The summed E-state index contributed by atoms with van der Waals surface area (Å²) in [5, 5.41) is 7.19. The van der Waals surface area contributed by atoms with E-state index in [4.69, 9.17) is 0 Å². The predicted octanol–water partition coefficient (Wildman–Crippen LogP) is 1.86. The molecule has 1 atom stereocenters. The van der Waals surface area contributed by atoms with Crippen molar-refractivity contribution in [3.63, 3.8) is 0 Å². The van der Waals surface area contributed by atoms with E-state index in [1.165, 1.54) is 0 Å². The SMILES string of the molecule is C[C@H](NC(=O)N1CCC(Cn2cncn2)CC1)c1cccnc1. The van der Waals surface area contributed by atoms with E-state index in [1.54, 1.807) is 25.0 Å². The van der Waals surface area contributed by atoms with Crippen molar-refractivity contribution in [1.29, 1.82) is 0 Å². The Labute approximate surface area is 135 Å². The second kappa shape index (κ2) is 7.21. The Morgan fingerprint density at radius 2 is 2.22 bits per heavy atom. The standard InChI is InChI=1S/C16H22N6O/c1-13(15-3-2-6-17-9-15)20-16(23)21-7-4-14(5-8-21)10-22-12-18-11-19-22/h2-3,6,9,11-14H,4-5,7-8,10H2,1H3,(H,20,23)/t13-/m0/s1. The molecule has 0 bridgehead atoms. The monoisotopic (exact) mass is 314 g/mol. The summed E-state index contributed by atoms with van der Waals surface area (Å²) < 4.78 is 1.87. The Bertz CT molecular complexity index is 607. The molecule has 1 aliphatic rings. The number of nitrogens with zero attached hydrogens (tertiary/aromatic N) is 5. The summed E-state index contributed by atoms with van der Waals surface area (Å²) in [5.74, 6) is 0.552. The van der Waals surface area contributed by atoms with Gasteiger partial charge in [0.05, 0.1) is 6.04 Å². The minimum Gasteiger partial charge on any atom is -0.331 e. The highest BCUT2D eigenvalue weighted by atomic mass is 16.2. The summed E-state index contributed by atoms with van der Waals surface area (Å²) in [5.41, 5.74) is 1.02. The van der Waals surface area contributed by atoms with Crippen LogP contribution in [0.25, 0.3) is 0 Å². The smallest absolute Gasteiger partial charge is 0.317 e. The van der Waals surface area contributed by atoms with E-state index in [9.17, 15) is 4.79 Å². The van der Waals surface area contributed by atoms with Gasteiger partial charge in [-0.2, -0.15) is 5.10 Å². The molecule has 1 aliphatic heterocycles. The zero-order valence-electron chi connectivity index (χ0n) is 13.3. The lowest BCUT2D eigenvalue weighted by Gasteiger charge is -2.32. The summed E-state index contributed by atoms with van der Waals surface area (Å²) in [7, 11) is 0. The first-order chi connectivity index (χ1) is 11.2. The van der Waals surface area contributed by atoms with Gasteiger partial charge in [0.1, 0.15) is 12.7 Å². The van der Waals surface area contributed by atoms with Gasteiger partial charge in [-0.25, -0.2) is 9.78 Å². The van der Waals surface area contributed by atoms with Crippen LogP contribution >= 0.6 is 0 Å². The van der Waals surface area contributed by atoms with Gasteiger partial charge < -0.3 is 10.2 Å². The highest BCUT2D eigenvalue weighted by Gasteiger charge is 2.24. The highest BCUT2D eigenvalue weighted by Crippen LogP contribution is 2.19. The van der Waals surface area contributed by atoms with Crippen molar-refractivity contribution in [2.45, 2.75) is 32.4 Å². The molecule has 1 N–H and O–H groups in total. The molecule has 2 amide bonds. The molecule has 2 aromatic heterocycles. The summed E-state index contributed by atoms with van der Waals surface area (Å²) in [4.78, 5) is 22.3. The molecule has 0 spiro atoms. The predicted molar refractivity (Wildman–Crippen MR) is 85.5 cm³/mol. The lowest BCUT2D eigenvalue weighted by atomic mass is 9.97. The molecular formula is C16H22N6O. The third kappa shape index (κ3) is 4.06. The van der Waals surface area contributed by atoms with Gasteiger partial charge in [-0.15, -0.1) is 0 Å². The van der Waals surface area contributed by atoms with Crippen molar-refractivity contribution < 1.29 is 4.79 Å². The maximum atomic E-state index is 12.4. The number of hydrogen-bond acceptors (Lipinski definition) is 4. The van der Waals surface area contributed by atoms with Crippen LogP contribution in [0.2, 0.25) is 0 Å². The Morgan fingerprint density at radius 1 is 1.39 bits per heavy atom. The Morgan fingerprint density at radius 3 is 2.87 bits per heavy atom. The topological polar surface area (TPSA) is 75.9 Å². The van der Waals surface area contributed by atoms with Gasteiger partial charge in [-0.05, 0) is 37.3 Å². The quantitative estimate of drug-likeness (QED) is 0.934. The zero-order chi connectivity index (χ0) is 16.1. The van der Waals surface area contributed by atoms with Crippen LogP contribution < -0.4 is 5.32 Å². The van der Waals surface area contributed by atoms with E-state index in [1.807, 2.05) is 28.6 Å². The minimum absolute atomic E-state index is 0.000518. The number of pyridine rings is 1. The third-order valence-electron chi connectivity index (χ3n) is 4.34. The lowest BCUT2D eigenvalue weighted by Crippen LogP contribution is -2.45. The molecule has 0 saturated carbocycles. The molecular weight excluding hydrogens is 292 g/mol. The van der Waals surface area contributed by atoms with Crippen LogP contribution in [0.1, 0.15) is 31.4 Å². The van der Waals surface area contributed by atoms with Crippen LogP contribution in [0.15, 0.2) is 37.2 Å². The fraction of sp³-hybridized carbons (Fsp3) is 0.500. The molecule has 122 valence electrons. The number of piperidine rings is 1. The summed E-state index contributed by atoms with van der Waals surface area (Å²) in [6, 6.07) is 3.82. The van der Waals surface area contributed by atoms with E-state index in [0.717, 1.165) is 38.0 Å². The van der Waals surface area contributed by atoms with Crippen LogP contribution in [0.3, 0.4) is 0 Å². The molecule has 0 aromatic carbocycles. The Balaban J connectivity index is 1.46. The van der Waals surface area contributed by atoms with Gasteiger partial charge in [-0.1, -0.05) is 6.07 Å². The molecule has 0 aliphatic carbocycles. The molecule has 0 radical (unpaired) electrons. The van der Waals surface area contributed by atoms with Crippen molar-refractivity contribution in [3.8, 4) is 0 Å². The molecule has 7 nitrogen and oxygen atoms in total. The molecule has 7 heteroatoms. The molecule has 23 heavy (non-hydrogen) atoms. The van der Waals surface area contributed by atoms with Gasteiger partial charge >= 0.3 is 6.03 Å². The first-order valence-corrected chi connectivity index (χ1v) is 8.00. The first kappa shape index (κ1) is 15.5. The number of hydrogen-bond donors (Lipinski definition) is 1. The van der Waals surface area contributed by atoms with Crippen LogP contribution in [0.5, 0.6) is 0 Å². The van der Waals surface area contributed by atoms with E-state index in [2.05, 4.69) is 20.4 Å². The average molecular weight is 314 g/mol. The fourth-order valence-corrected chi connectivity index (χ4v) is 2.90. The summed E-state index contributed by atoms with van der Waals surface area (Å²) in [6.07, 6.45) is 8.81. The van der Waals surface area contributed by atoms with Gasteiger partial charge in [-0.3, -0.25) is 9.67 Å². The van der Waals surface area contributed by atoms with Crippen molar-refractivity contribution in [2.75, 3.05) is 13.1 Å². The number of likely N-dealkylation sites (tertiary alicyclic amines) is 1. The van der Waals surface area contributed by atoms with Gasteiger partial charge in [0.15, 0.2) is 0 Å². The van der Waals surface area contributed by atoms with Gasteiger partial charge in [0, 0.05) is 32.0 Å². The number of rotatable bonds is 4. The largest absolute Gasteiger partial charge is 0.331 e. The molecule has 2 aromatic rings. The van der Waals surface area contributed by atoms with Crippen molar-refractivity contribution in [2.24, 2.45) is 5.92 Å². The second-order valence-electron chi connectivity index (χ2n) is 6.01. The molecule has 0 unspecified atom stereocenters. The maximum absolute atomic E-state index is 12.4. The van der Waals surface area contributed by atoms with Crippen LogP contribution in [0.4, 0.5) is 4.79 Å². The zero-order valence-corrected chi connectivity index (χ0v) is 13.3. The average Bonchev–Trinajstić information content (AvgIpc) is 3.09. The van der Waals surface area contributed by atoms with Crippen LogP contribution in [0, 0.1) is 5.92 Å². The third-order valence-corrected chi connectivity index (χ3v) is 4.34. The number of amides is 2. The highest BCUT2D eigenvalue weighted by molar-refractivity contribution is 5.74. The first-order valence-electron chi connectivity index (χ1n) is 8.00. The Hall–Kier alpha value is -2.44. The van der Waals surface area contributed by atoms with Gasteiger partial charge in [0.2, 0.25) is 0 Å². The van der Waals surface area contributed by atoms with Crippen LogP contribution in [-0.4, -0.2) is 43.8 Å².